The Morgan fingerprint density at radius 3 is 2.77 bits per heavy atom. The van der Waals surface area contributed by atoms with Crippen molar-refractivity contribution >= 4 is 17.3 Å². The van der Waals surface area contributed by atoms with Gasteiger partial charge in [-0.25, -0.2) is 8.78 Å². The van der Waals surface area contributed by atoms with Gasteiger partial charge in [-0.3, -0.25) is 0 Å². The van der Waals surface area contributed by atoms with Gasteiger partial charge in [0.25, 0.3) is 0 Å². The molecule has 0 radical (unpaired) electrons. The fraction of sp³-hybridized carbons (Fsp3) is 0.333. The van der Waals surface area contributed by atoms with Gasteiger partial charge < -0.3 is 5.32 Å². The molecular weight excluding hydrogens is 196 g/mol. The van der Waals surface area contributed by atoms with Crippen LogP contribution in [0.4, 0.5) is 14.5 Å². The highest BCUT2D eigenvalue weighted by atomic mass is 35.5. The molecule has 0 aromatic heterocycles. The molecule has 1 heterocycles. The highest BCUT2D eigenvalue weighted by Gasteiger charge is 2.20. The van der Waals surface area contributed by atoms with Crippen molar-refractivity contribution in [1.29, 1.82) is 0 Å². The average Bonchev–Trinajstić information content (AvgIpc) is 2.09. The molecule has 0 bridgehead atoms. The zero-order valence-electron chi connectivity index (χ0n) is 6.78. The molecule has 0 fully saturated rings. The first kappa shape index (κ1) is 8.75. The number of benzene rings is 1. The standard InChI is InChI=1S/C9H8ClF2N/c10-6-1-2-13-9-4-8(12)7(11)3-5(6)9/h3-4,6,13H,1-2H2. The van der Waals surface area contributed by atoms with Gasteiger partial charge in [0.15, 0.2) is 11.6 Å². The largest absolute Gasteiger partial charge is 0.385 e. The second-order valence-electron chi connectivity index (χ2n) is 3.04. The Kier molecular flexibility index (Phi) is 2.12. The molecule has 13 heavy (non-hydrogen) atoms. The summed E-state index contributed by atoms with van der Waals surface area (Å²) in [6.45, 7) is 0.701. The van der Waals surface area contributed by atoms with Crippen molar-refractivity contribution in [2.45, 2.75) is 11.8 Å². The molecule has 0 aliphatic carbocycles. The number of hydrogen-bond donors (Lipinski definition) is 1. The summed E-state index contributed by atoms with van der Waals surface area (Å²) in [6, 6.07) is 2.31. The van der Waals surface area contributed by atoms with E-state index in [0.717, 1.165) is 18.6 Å². The summed E-state index contributed by atoms with van der Waals surface area (Å²) >= 11 is 5.94. The Morgan fingerprint density at radius 1 is 1.31 bits per heavy atom. The maximum Gasteiger partial charge on any atom is 0.160 e. The van der Waals surface area contributed by atoms with Crippen molar-refractivity contribution in [3.8, 4) is 0 Å². The van der Waals surface area contributed by atoms with Crippen LogP contribution < -0.4 is 5.32 Å². The van der Waals surface area contributed by atoms with Crippen LogP contribution in [0.2, 0.25) is 0 Å². The van der Waals surface area contributed by atoms with Crippen molar-refractivity contribution in [2.24, 2.45) is 0 Å². The van der Waals surface area contributed by atoms with Gasteiger partial charge in [0.1, 0.15) is 0 Å². The molecule has 4 heteroatoms. The molecule has 1 unspecified atom stereocenters. The first-order valence-corrected chi connectivity index (χ1v) is 4.49. The molecule has 0 spiro atoms. The van der Waals surface area contributed by atoms with Crippen LogP contribution in [0, 0.1) is 11.6 Å². The van der Waals surface area contributed by atoms with Crippen LogP contribution >= 0.6 is 11.6 Å². The smallest absolute Gasteiger partial charge is 0.160 e. The van der Waals surface area contributed by atoms with Crippen LogP contribution in [0.25, 0.3) is 0 Å². The van der Waals surface area contributed by atoms with E-state index in [9.17, 15) is 8.78 Å². The predicted molar refractivity (Wildman–Crippen MR) is 48.1 cm³/mol. The first-order chi connectivity index (χ1) is 6.18. The van der Waals surface area contributed by atoms with Gasteiger partial charge in [-0.1, -0.05) is 0 Å². The molecule has 1 N–H and O–H groups in total. The number of nitrogens with one attached hydrogen (secondary N) is 1. The Hall–Kier alpha value is -0.830. The van der Waals surface area contributed by atoms with Crippen molar-refractivity contribution < 1.29 is 8.78 Å². The van der Waals surface area contributed by atoms with Crippen LogP contribution in [0.1, 0.15) is 17.4 Å². The summed E-state index contributed by atoms with van der Waals surface area (Å²) in [4.78, 5) is 0. The summed E-state index contributed by atoms with van der Waals surface area (Å²) in [6.07, 6.45) is 0.736. The number of hydrogen-bond acceptors (Lipinski definition) is 1. The summed E-state index contributed by atoms with van der Waals surface area (Å²) in [5, 5.41) is 2.75. The SMILES string of the molecule is Fc1cc2c(cc1F)C(Cl)CCN2. The van der Waals surface area contributed by atoms with Gasteiger partial charge in [-0.2, -0.15) is 0 Å². The van der Waals surface area contributed by atoms with Crippen molar-refractivity contribution in [3.05, 3.63) is 29.3 Å². The number of anilines is 1. The molecule has 1 aromatic carbocycles. The van der Waals surface area contributed by atoms with E-state index >= 15 is 0 Å². The Morgan fingerprint density at radius 2 is 2.00 bits per heavy atom. The lowest BCUT2D eigenvalue weighted by molar-refractivity contribution is 0.506. The number of rotatable bonds is 0. The number of alkyl halides is 1. The second-order valence-corrected chi connectivity index (χ2v) is 3.56. The van der Waals surface area contributed by atoms with E-state index in [2.05, 4.69) is 5.32 Å². The minimum absolute atomic E-state index is 0.216. The molecule has 0 saturated heterocycles. The summed E-state index contributed by atoms with van der Waals surface area (Å²) in [7, 11) is 0. The predicted octanol–water partition coefficient (Wildman–Crippen LogP) is 3.06. The lowest BCUT2D eigenvalue weighted by atomic mass is 10.0. The van der Waals surface area contributed by atoms with Crippen LogP contribution in [0.15, 0.2) is 12.1 Å². The summed E-state index contributed by atoms with van der Waals surface area (Å²) in [5.74, 6) is -1.68. The first-order valence-electron chi connectivity index (χ1n) is 4.05. The third kappa shape index (κ3) is 1.48. The third-order valence-electron chi connectivity index (χ3n) is 2.14. The topological polar surface area (TPSA) is 12.0 Å². The van der Waals surface area contributed by atoms with Gasteiger partial charge in [0, 0.05) is 18.3 Å². The highest BCUT2D eigenvalue weighted by molar-refractivity contribution is 6.21. The molecule has 1 nitrogen and oxygen atoms in total. The monoisotopic (exact) mass is 203 g/mol. The zero-order valence-corrected chi connectivity index (χ0v) is 7.54. The molecule has 2 rings (SSSR count). The van der Waals surface area contributed by atoms with E-state index in [1.165, 1.54) is 0 Å². The van der Waals surface area contributed by atoms with E-state index < -0.39 is 11.6 Å². The van der Waals surface area contributed by atoms with Gasteiger partial charge in [0.05, 0.1) is 5.38 Å². The van der Waals surface area contributed by atoms with E-state index in [4.69, 9.17) is 11.6 Å². The van der Waals surface area contributed by atoms with Crippen molar-refractivity contribution in [3.63, 3.8) is 0 Å². The molecule has 1 aromatic rings. The fourth-order valence-corrected chi connectivity index (χ4v) is 1.75. The van der Waals surface area contributed by atoms with Crippen molar-refractivity contribution in [2.75, 3.05) is 11.9 Å². The average molecular weight is 204 g/mol. The lowest BCUT2D eigenvalue weighted by Crippen LogP contribution is -2.14. The summed E-state index contributed by atoms with van der Waals surface area (Å²) < 4.78 is 25.6. The second kappa shape index (κ2) is 3.14. The highest BCUT2D eigenvalue weighted by Crippen LogP contribution is 2.35. The maximum absolute atomic E-state index is 12.8. The minimum Gasteiger partial charge on any atom is -0.385 e. The molecular formula is C9H8ClF2N. The molecule has 0 amide bonds. The number of fused-ring (bicyclic) bond motifs is 1. The van der Waals surface area contributed by atoms with E-state index in [-0.39, 0.29) is 5.38 Å². The quantitative estimate of drug-likeness (QED) is 0.639. The normalized spacial score (nSPS) is 20.7. The molecule has 70 valence electrons. The van der Waals surface area contributed by atoms with E-state index in [0.29, 0.717) is 17.8 Å². The Labute approximate surface area is 79.7 Å². The van der Waals surface area contributed by atoms with Crippen LogP contribution in [-0.2, 0) is 0 Å². The van der Waals surface area contributed by atoms with Gasteiger partial charge in [0.2, 0.25) is 0 Å². The van der Waals surface area contributed by atoms with Gasteiger partial charge >= 0.3 is 0 Å². The number of halogens is 3. The molecule has 1 aliphatic heterocycles. The van der Waals surface area contributed by atoms with Crippen LogP contribution in [0.3, 0.4) is 0 Å². The summed E-state index contributed by atoms with van der Waals surface area (Å²) in [5.41, 5.74) is 1.25. The Bertz CT molecular complexity index is 341. The maximum atomic E-state index is 12.8. The zero-order chi connectivity index (χ0) is 9.42. The lowest BCUT2D eigenvalue weighted by Gasteiger charge is -2.22. The minimum atomic E-state index is -0.840. The van der Waals surface area contributed by atoms with Gasteiger partial charge in [-0.15, -0.1) is 11.6 Å². The third-order valence-corrected chi connectivity index (χ3v) is 2.60. The molecule has 1 atom stereocenters. The van der Waals surface area contributed by atoms with Crippen molar-refractivity contribution in [1.82, 2.24) is 0 Å². The van der Waals surface area contributed by atoms with E-state index in [1.807, 2.05) is 0 Å². The molecule has 0 saturated carbocycles. The van der Waals surface area contributed by atoms with Gasteiger partial charge in [-0.05, 0) is 18.1 Å². The Balaban J connectivity index is 2.52. The van der Waals surface area contributed by atoms with E-state index in [1.54, 1.807) is 0 Å². The fourth-order valence-electron chi connectivity index (χ4n) is 1.46. The molecule has 1 aliphatic rings. The van der Waals surface area contributed by atoms with Crippen LogP contribution in [-0.4, -0.2) is 6.54 Å². The van der Waals surface area contributed by atoms with Crippen LogP contribution in [0.5, 0.6) is 0 Å².